The van der Waals surface area contributed by atoms with Gasteiger partial charge in [-0.25, -0.2) is 0 Å². The van der Waals surface area contributed by atoms with Gasteiger partial charge in [0, 0.05) is 24.3 Å². The predicted octanol–water partition coefficient (Wildman–Crippen LogP) is 2.87. The van der Waals surface area contributed by atoms with Crippen molar-refractivity contribution in [3.05, 3.63) is 65.2 Å². The van der Waals surface area contributed by atoms with Crippen LogP contribution in [0.15, 0.2) is 48.5 Å². The Labute approximate surface area is 147 Å². The average molecular weight is 337 g/mol. The van der Waals surface area contributed by atoms with Crippen LogP contribution in [0.4, 0.5) is 5.69 Å². The molecule has 1 aliphatic heterocycles. The summed E-state index contributed by atoms with van der Waals surface area (Å²) in [6.07, 6.45) is 2.13. The number of likely N-dealkylation sites (tertiary alicyclic amines) is 1. The first-order chi connectivity index (χ1) is 12.0. The summed E-state index contributed by atoms with van der Waals surface area (Å²) < 4.78 is 0. The third kappa shape index (κ3) is 4.06. The molecule has 130 valence electrons. The summed E-state index contributed by atoms with van der Waals surface area (Å²) in [5.74, 6) is -0.228. The molecule has 5 heteroatoms. The number of hydrogen-bond acceptors (Lipinski definition) is 3. The van der Waals surface area contributed by atoms with Crippen molar-refractivity contribution in [2.24, 2.45) is 5.73 Å². The Bertz CT molecular complexity index is 748. The second kappa shape index (κ2) is 7.49. The van der Waals surface area contributed by atoms with Gasteiger partial charge in [-0.1, -0.05) is 29.8 Å². The normalized spacial score (nSPS) is 15.0. The largest absolute Gasteiger partial charge is 0.339 e. The Morgan fingerprint density at radius 1 is 1.00 bits per heavy atom. The van der Waals surface area contributed by atoms with Gasteiger partial charge in [-0.3, -0.25) is 9.59 Å². The number of aryl methyl sites for hydroxylation is 1. The van der Waals surface area contributed by atoms with E-state index in [4.69, 9.17) is 5.73 Å². The summed E-state index contributed by atoms with van der Waals surface area (Å²) in [6.45, 7) is 3.63. The highest BCUT2D eigenvalue weighted by Crippen LogP contribution is 2.17. The highest BCUT2D eigenvalue weighted by molar-refractivity contribution is 5.97. The lowest BCUT2D eigenvalue weighted by atomic mass is 10.1. The molecule has 1 atom stereocenters. The van der Waals surface area contributed by atoms with Crippen molar-refractivity contribution in [2.45, 2.75) is 25.8 Å². The molecule has 0 saturated carbocycles. The quantitative estimate of drug-likeness (QED) is 0.901. The van der Waals surface area contributed by atoms with E-state index >= 15 is 0 Å². The molecule has 1 unspecified atom stereocenters. The number of amides is 2. The third-order valence-corrected chi connectivity index (χ3v) is 4.51. The third-order valence-electron chi connectivity index (χ3n) is 4.51. The van der Waals surface area contributed by atoms with Crippen molar-refractivity contribution in [2.75, 3.05) is 18.4 Å². The van der Waals surface area contributed by atoms with E-state index in [9.17, 15) is 9.59 Å². The van der Waals surface area contributed by atoms with Crippen LogP contribution in [0.25, 0.3) is 0 Å². The summed E-state index contributed by atoms with van der Waals surface area (Å²) in [6, 6.07) is 13.8. The van der Waals surface area contributed by atoms with Crippen LogP contribution in [0, 0.1) is 6.92 Å². The second-order valence-electron chi connectivity index (χ2n) is 6.45. The fraction of sp³-hybridized carbons (Fsp3) is 0.300. The Morgan fingerprint density at radius 2 is 1.60 bits per heavy atom. The molecule has 25 heavy (non-hydrogen) atoms. The zero-order chi connectivity index (χ0) is 17.8. The molecule has 5 nitrogen and oxygen atoms in total. The minimum atomic E-state index is -0.730. The van der Waals surface area contributed by atoms with Crippen LogP contribution in [0.2, 0.25) is 0 Å². The molecule has 1 aliphatic rings. The van der Waals surface area contributed by atoms with Crippen molar-refractivity contribution in [3.63, 3.8) is 0 Å². The molecule has 0 aliphatic carbocycles. The Hall–Kier alpha value is -2.66. The molecule has 1 fully saturated rings. The van der Waals surface area contributed by atoms with Gasteiger partial charge in [-0.15, -0.1) is 0 Å². The first-order valence-electron chi connectivity index (χ1n) is 8.57. The van der Waals surface area contributed by atoms with Crippen molar-refractivity contribution in [1.29, 1.82) is 0 Å². The number of hydrogen-bond donors (Lipinski definition) is 2. The smallest absolute Gasteiger partial charge is 0.253 e. The lowest BCUT2D eigenvalue weighted by Gasteiger charge is -2.16. The lowest BCUT2D eigenvalue weighted by molar-refractivity contribution is -0.117. The van der Waals surface area contributed by atoms with Gasteiger partial charge in [-0.05, 0) is 49.6 Å². The van der Waals surface area contributed by atoms with Crippen LogP contribution in [-0.2, 0) is 4.79 Å². The maximum absolute atomic E-state index is 12.3. The minimum Gasteiger partial charge on any atom is -0.339 e. The van der Waals surface area contributed by atoms with E-state index in [1.807, 2.05) is 36.1 Å². The van der Waals surface area contributed by atoms with E-state index in [0.717, 1.165) is 37.1 Å². The maximum atomic E-state index is 12.3. The van der Waals surface area contributed by atoms with Crippen LogP contribution in [0.1, 0.15) is 40.4 Å². The number of benzene rings is 2. The molecule has 0 radical (unpaired) electrons. The lowest BCUT2D eigenvalue weighted by Crippen LogP contribution is -2.28. The van der Waals surface area contributed by atoms with Gasteiger partial charge in [0.1, 0.15) is 6.04 Å². The van der Waals surface area contributed by atoms with Gasteiger partial charge in [0.25, 0.3) is 5.91 Å². The maximum Gasteiger partial charge on any atom is 0.253 e. The highest BCUT2D eigenvalue weighted by Gasteiger charge is 2.20. The van der Waals surface area contributed by atoms with E-state index in [2.05, 4.69) is 5.32 Å². The number of carbonyl (C=O) groups excluding carboxylic acids is 2. The average Bonchev–Trinajstić information content (AvgIpc) is 3.16. The van der Waals surface area contributed by atoms with E-state index in [-0.39, 0.29) is 11.8 Å². The Morgan fingerprint density at radius 3 is 2.20 bits per heavy atom. The SMILES string of the molecule is Cc1ccc(C(N)C(=O)Nc2ccc(C(=O)N3CCCC3)cc2)cc1. The Kier molecular flexibility index (Phi) is 5.14. The monoisotopic (exact) mass is 337 g/mol. The first-order valence-corrected chi connectivity index (χ1v) is 8.57. The van der Waals surface area contributed by atoms with Crippen molar-refractivity contribution < 1.29 is 9.59 Å². The molecule has 2 aromatic carbocycles. The Balaban J connectivity index is 1.63. The molecule has 3 N–H and O–H groups in total. The van der Waals surface area contributed by atoms with Crippen LogP contribution >= 0.6 is 0 Å². The summed E-state index contributed by atoms with van der Waals surface area (Å²) in [5, 5.41) is 2.80. The van der Waals surface area contributed by atoms with Crippen molar-refractivity contribution in [3.8, 4) is 0 Å². The molecule has 1 heterocycles. The van der Waals surface area contributed by atoms with Crippen LogP contribution in [0.3, 0.4) is 0 Å². The number of nitrogens with one attached hydrogen (secondary N) is 1. The molecular formula is C20H23N3O2. The van der Waals surface area contributed by atoms with Gasteiger partial charge in [-0.2, -0.15) is 0 Å². The zero-order valence-electron chi connectivity index (χ0n) is 14.4. The zero-order valence-corrected chi connectivity index (χ0v) is 14.4. The van der Waals surface area contributed by atoms with E-state index in [1.54, 1.807) is 24.3 Å². The second-order valence-corrected chi connectivity index (χ2v) is 6.45. The molecule has 1 saturated heterocycles. The molecule has 0 aromatic heterocycles. The fourth-order valence-corrected chi connectivity index (χ4v) is 2.94. The molecule has 2 amide bonds. The van der Waals surface area contributed by atoms with Crippen LogP contribution in [0.5, 0.6) is 0 Å². The molecule has 0 spiro atoms. The molecule has 2 aromatic rings. The van der Waals surface area contributed by atoms with Gasteiger partial charge in [0.15, 0.2) is 0 Å². The van der Waals surface area contributed by atoms with Gasteiger partial charge < -0.3 is 16.0 Å². The summed E-state index contributed by atoms with van der Waals surface area (Å²) in [7, 11) is 0. The highest BCUT2D eigenvalue weighted by atomic mass is 16.2. The van der Waals surface area contributed by atoms with Gasteiger partial charge >= 0.3 is 0 Å². The topological polar surface area (TPSA) is 75.4 Å². The summed E-state index contributed by atoms with van der Waals surface area (Å²) in [4.78, 5) is 26.5. The summed E-state index contributed by atoms with van der Waals surface area (Å²) >= 11 is 0. The molecule has 0 bridgehead atoms. The number of nitrogens with zero attached hydrogens (tertiary/aromatic N) is 1. The number of rotatable bonds is 4. The van der Waals surface area contributed by atoms with E-state index < -0.39 is 6.04 Å². The van der Waals surface area contributed by atoms with Crippen molar-refractivity contribution in [1.82, 2.24) is 4.90 Å². The van der Waals surface area contributed by atoms with Gasteiger partial charge in [0.2, 0.25) is 5.91 Å². The fourth-order valence-electron chi connectivity index (χ4n) is 2.94. The van der Waals surface area contributed by atoms with Crippen LogP contribution in [-0.4, -0.2) is 29.8 Å². The molecule has 3 rings (SSSR count). The van der Waals surface area contributed by atoms with Gasteiger partial charge in [0.05, 0.1) is 0 Å². The first kappa shape index (κ1) is 17.2. The standard InChI is InChI=1S/C20H23N3O2/c1-14-4-6-15(7-5-14)18(21)19(24)22-17-10-8-16(9-11-17)20(25)23-12-2-3-13-23/h4-11,18H,2-3,12-13,21H2,1H3,(H,22,24). The summed E-state index contributed by atoms with van der Waals surface area (Å²) in [5.41, 5.74) is 9.18. The predicted molar refractivity (Wildman–Crippen MR) is 98.3 cm³/mol. The number of nitrogens with two attached hydrogens (primary N) is 1. The minimum absolute atomic E-state index is 0.0479. The number of carbonyl (C=O) groups is 2. The van der Waals surface area contributed by atoms with E-state index in [0.29, 0.717) is 11.3 Å². The van der Waals surface area contributed by atoms with E-state index in [1.165, 1.54) is 0 Å². The molecular weight excluding hydrogens is 314 g/mol. The van der Waals surface area contributed by atoms with Crippen LogP contribution < -0.4 is 11.1 Å². The number of anilines is 1. The van der Waals surface area contributed by atoms with Crippen molar-refractivity contribution >= 4 is 17.5 Å².